The number of carbonyl (C=O) groups is 1. The molecule has 3 aromatic heterocycles. The highest BCUT2D eigenvalue weighted by Crippen LogP contribution is 2.36. The first-order valence-electron chi connectivity index (χ1n) is 18.3. The number of allylic oxidation sites excluding steroid dienone is 3. The molecule has 3 aliphatic rings. The summed E-state index contributed by atoms with van der Waals surface area (Å²) in [5, 5.41) is 11.8. The van der Waals surface area contributed by atoms with Crippen LogP contribution in [0.2, 0.25) is 0 Å². The number of ether oxygens (including phenoxy) is 1. The van der Waals surface area contributed by atoms with Gasteiger partial charge in [-0.15, -0.1) is 0 Å². The van der Waals surface area contributed by atoms with Gasteiger partial charge in [0.15, 0.2) is 5.82 Å². The Hall–Kier alpha value is -5.09. The number of hydrogen-bond acceptors (Lipinski definition) is 6. The zero-order valence-electron chi connectivity index (χ0n) is 29.1. The number of benzene rings is 2. The molecule has 0 radical (unpaired) electrons. The number of aromatic amines is 2. The van der Waals surface area contributed by atoms with E-state index in [0.717, 1.165) is 77.0 Å². The fourth-order valence-corrected chi connectivity index (χ4v) is 7.75. The van der Waals surface area contributed by atoms with Crippen molar-refractivity contribution >= 4 is 28.1 Å². The van der Waals surface area contributed by atoms with E-state index in [1.165, 1.54) is 38.2 Å². The zero-order valence-corrected chi connectivity index (χ0v) is 29.1. The maximum absolute atomic E-state index is 15.0. The topological polar surface area (TPSA) is 112 Å². The maximum Gasteiger partial charge on any atom is 0.224 e. The molecule has 51 heavy (non-hydrogen) atoms. The molecule has 1 amide bonds. The van der Waals surface area contributed by atoms with E-state index in [-0.39, 0.29) is 11.7 Å². The number of H-pyrrole nitrogens is 2. The summed E-state index contributed by atoms with van der Waals surface area (Å²) >= 11 is 0. The quantitative estimate of drug-likeness (QED) is 0.136. The number of rotatable bonds is 10. The van der Waals surface area contributed by atoms with Crippen LogP contribution in [0.5, 0.6) is 5.75 Å². The van der Waals surface area contributed by atoms with Crippen molar-refractivity contribution in [2.45, 2.75) is 64.7 Å². The standard InChI is InChI=1S/C41H44FN7O2/c1-26-9-11-34(29-19-31(42)23-33(21-29)51-16-15-49-13-5-6-14-49)39-37(17-26)45-41(46-39)40-35-22-28(10-12-36(35)47-48-40)30-20-32(25-43-24-30)44-38(50)18-27-7-3-2-4-8-27/h9-12,19-25,27H,2-8,13-18H2,1H3,(H,44,50)(H,45,46)(H,47,48). The van der Waals surface area contributed by atoms with Gasteiger partial charge in [-0.2, -0.15) is 5.10 Å². The van der Waals surface area contributed by atoms with E-state index in [4.69, 9.17) is 9.72 Å². The maximum atomic E-state index is 15.0. The fraction of sp³-hybridized carbons (Fsp3) is 0.366. The lowest BCUT2D eigenvalue weighted by Crippen LogP contribution is -2.25. The Labute approximate surface area is 297 Å². The van der Waals surface area contributed by atoms with Gasteiger partial charge in [0.1, 0.15) is 23.9 Å². The second-order valence-electron chi connectivity index (χ2n) is 14.3. The number of halogens is 1. The molecular weight excluding hydrogens is 641 g/mol. The van der Waals surface area contributed by atoms with Crippen molar-refractivity contribution in [1.82, 2.24) is 30.0 Å². The third-order valence-electron chi connectivity index (χ3n) is 10.4. The monoisotopic (exact) mass is 685 g/mol. The molecule has 0 bridgehead atoms. The molecule has 2 aromatic carbocycles. The minimum absolute atomic E-state index is 0.0454. The summed E-state index contributed by atoms with van der Waals surface area (Å²) < 4.78 is 21.1. The molecule has 0 spiro atoms. The highest BCUT2D eigenvalue weighted by atomic mass is 19.1. The molecule has 4 heterocycles. The number of pyridine rings is 1. The molecule has 262 valence electrons. The predicted octanol–water partition coefficient (Wildman–Crippen LogP) is 8.47. The highest BCUT2D eigenvalue weighted by Gasteiger charge is 2.23. The van der Waals surface area contributed by atoms with E-state index in [1.807, 2.05) is 36.5 Å². The molecule has 10 heteroatoms. The van der Waals surface area contributed by atoms with Crippen molar-refractivity contribution in [2.24, 2.45) is 5.92 Å². The molecule has 0 unspecified atom stereocenters. The summed E-state index contributed by atoms with van der Waals surface area (Å²) in [6, 6.07) is 13.0. The third kappa shape index (κ3) is 7.51. The van der Waals surface area contributed by atoms with Crippen LogP contribution in [0.15, 0.2) is 72.6 Å². The van der Waals surface area contributed by atoms with Gasteiger partial charge in [0.05, 0.1) is 23.1 Å². The Bertz CT molecular complexity index is 2120. The second-order valence-corrected chi connectivity index (χ2v) is 14.3. The van der Waals surface area contributed by atoms with Gasteiger partial charge in [-0.3, -0.25) is 19.8 Å². The van der Waals surface area contributed by atoms with Crippen molar-refractivity contribution in [1.29, 1.82) is 0 Å². The Kier molecular flexibility index (Phi) is 9.49. The summed E-state index contributed by atoms with van der Waals surface area (Å²) in [6.45, 7) is 5.62. The van der Waals surface area contributed by atoms with E-state index in [0.29, 0.717) is 53.9 Å². The summed E-state index contributed by atoms with van der Waals surface area (Å²) in [7, 11) is 0. The minimum atomic E-state index is -0.347. The molecule has 8 rings (SSSR count). The minimum Gasteiger partial charge on any atom is -0.492 e. The van der Waals surface area contributed by atoms with Crippen LogP contribution in [0, 0.1) is 11.7 Å². The number of nitrogens with one attached hydrogen (secondary N) is 3. The molecule has 2 aliphatic carbocycles. The van der Waals surface area contributed by atoms with E-state index in [9.17, 15) is 4.79 Å². The zero-order chi connectivity index (χ0) is 34.7. The van der Waals surface area contributed by atoms with E-state index in [2.05, 4.69) is 49.4 Å². The second kappa shape index (κ2) is 14.6. The van der Waals surface area contributed by atoms with Crippen LogP contribution in [0.25, 0.3) is 39.1 Å². The first-order valence-corrected chi connectivity index (χ1v) is 18.3. The van der Waals surface area contributed by atoms with E-state index >= 15 is 4.39 Å². The number of amides is 1. The number of aromatic nitrogens is 5. The van der Waals surface area contributed by atoms with Crippen molar-refractivity contribution in [2.75, 3.05) is 31.6 Å². The van der Waals surface area contributed by atoms with Crippen LogP contribution in [-0.2, 0) is 11.2 Å². The van der Waals surface area contributed by atoms with Gasteiger partial charge in [-0.1, -0.05) is 43.1 Å². The van der Waals surface area contributed by atoms with Gasteiger partial charge < -0.3 is 15.0 Å². The van der Waals surface area contributed by atoms with Crippen LogP contribution in [-0.4, -0.2) is 62.2 Å². The lowest BCUT2D eigenvalue weighted by Gasteiger charge is -2.20. The third-order valence-corrected chi connectivity index (χ3v) is 10.4. The number of nitrogens with zero attached hydrogens (tertiary/aromatic N) is 4. The van der Waals surface area contributed by atoms with Crippen molar-refractivity contribution in [3.8, 4) is 28.4 Å². The SMILES string of the molecule is CC1=CC=C(c2cc(F)cc(OCCN3CCCC3)c2)c2nc(-c3n[nH]c4ccc(-c5cncc(NC(=O)CC6CCCCC6)c5)cc34)[nH]c2C1. The highest BCUT2D eigenvalue weighted by molar-refractivity contribution is 5.96. The molecular formula is C41H44FN7O2. The van der Waals surface area contributed by atoms with Gasteiger partial charge in [-0.25, -0.2) is 9.37 Å². The van der Waals surface area contributed by atoms with Gasteiger partial charge in [-0.05, 0) is 93.1 Å². The first kappa shape index (κ1) is 33.1. The molecule has 3 N–H and O–H groups in total. The lowest BCUT2D eigenvalue weighted by molar-refractivity contribution is -0.117. The van der Waals surface area contributed by atoms with Crippen LogP contribution in [0.3, 0.4) is 0 Å². The summed E-state index contributed by atoms with van der Waals surface area (Å²) in [4.78, 5) is 28.3. The summed E-state index contributed by atoms with van der Waals surface area (Å²) in [5.41, 5.74) is 8.50. The number of carbonyl (C=O) groups excluding carboxylic acids is 1. The number of imidazole rings is 1. The average Bonchev–Trinajstić information content (AvgIpc) is 3.87. The molecule has 1 saturated heterocycles. The van der Waals surface area contributed by atoms with Crippen LogP contribution >= 0.6 is 0 Å². The normalized spacial score (nSPS) is 16.8. The number of hydrogen-bond donors (Lipinski definition) is 3. The smallest absolute Gasteiger partial charge is 0.224 e. The van der Waals surface area contributed by atoms with Crippen molar-refractivity contribution in [3.05, 3.63) is 95.4 Å². The molecule has 5 aromatic rings. The van der Waals surface area contributed by atoms with E-state index in [1.54, 1.807) is 12.3 Å². The summed E-state index contributed by atoms with van der Waals surface area (Å²) in [5.74, 6) is 1.31. The fourth-order valence-electron chi connectivity index (χ4n) is 7.75. The van der Waals surface area contributed by atoms with Crippen LogP contribution in [0.1, 0.15) is 75.2 Å². The summed E-state index contributed by atoms with van der Waals surface area (Å²) in [6.07, 6.45) is 17.2. The van der Waals surface area contributed by atoms with Crippen LogP contribution < -0.4 is 10.1 Å². The van der Waals surface area contributed by atoms with Gasteiger partial charge in [0.2, 0.25) is 5.91 Å². The molecule has 1 aliphatic heterocycles. The number of fused-ring (bicyclic) bond motifs is 2. The molecule has 0 atom stereocenters. The molecule has 1 saturated carbocycles. The Morgan fingerprint density at radius 2 is 1.82 bits per heavy atom. The van der Waals surface area contributed by atoms with Gasteiger partial charge in [0.25, 0.3) is 0 Å². The Balaban J connectivity index is 1.05. The number of likely N-dealkylation sites (tertiary alicyclic amines) is 1. The number of anilines is 1. The lowest BCUT2D eigenvalue weighted by atomic mass is 9.87. The average molecular weight is 686 g/mol. The molecule has 9 nitrogen and oxygen atoms in total. The predicted molar refractivity (Wildman–Crippen MR) is 199 cm³/mol. The van der Waals surface area contributed by atoms with Gasteiger partial charge >= 0.3 is 0 Å². The van der Waals surface area contributed by atoms with Crippen molar-refractivity contribution < 1.29 is 13.9 Å². The first-order chi connectivity index (χ1) is 24.9. The van der Waals surface area contributed by atoms with Crippen molar-refractivity contribution in [3.63, 3.8) is 0 Å². The molecule has 2 fully saturated rings. The van der Waals surface area contributed by atoms with Crippen LogP contribution in [0.4, 0.5) is 10.1 Å². The Morgan fingerprint density at radius 3 is 2.69 bits per heavy atom. The largest absolute Gasteiger partial charge is 0.492 e. The van der Waals surface area contributed by atoms with E-state index < -0.39 is 0 Å². The Morgan fingerprint density at radius 1 is 0.961 bits per heavy atom. The van der Waals surface area contributed by atoms with Gasteiger partial charge in [0, 0.05) is 53.9 Å².